The standard InChI is InChI=1S/C22H40N2O6/c1-19(2)13-23(14-20(3,4)18(19)27)30-17(26)10-9-16(25)29-15-11-21(5,6)24(28)22(7,8)12-15/h15,18,27-28H,9-14H2,1-8H3. The number of rotatable bonds is 5. The molecule has 0 spiro atoms. The average molecular weight is 429 g/mol. The Hall–Kier alpha value is -1.22. The van der Waals surface area contributed by atoms with E-state index in [-0.39, 0.29) is 18.9 Å². The monoisotopic (exact) mass is 428 g/mol. The van der Waals surface area contributed by atoms with Crippen molar-refractivity contribution < 1.29 is 29.5 Å². The maximum atomic E-state index is 12.3. The molecule has 0 saturated carbocycles. The topological polar surface area (TPSA) is 99.5 Å². The van der Waals surface area contributed by atoms with Crippen LogP contribution in [0.4, 0.5) is 0 Å². The highest BCUT2D eigenvalue weighted by Gasteiger charge is 2.48. The van der Waals surface area contributed by atoms with Crippen molar-refractivity contribution >= 4 is 11.9 Å². The molecule has 2 rings (SSSR count). The predicted octanol–water partition coefficient (Wildman–Crippen LogP) is 2.91. The number of aliphatic hydroxyl groups is 1. The van der Waals surface area contributed by atoms with Crippen LogP contribution in [-0.4, -0.2) is 68.8 Å². The summed E-state index contributed by atoms with van der Waals surface area (Å²) in [6.07, 6.45) is 0.0975. The van der Waals surface area contributed by atoms with Gasteiger partial charge in [-0.25, -0.2) is 0 Å². The first-order chi connectivity index (χ1) is 13.5. The molecule has 2 saturated heterocycles. The molecule has 0 aliphatic carbocycles. The van der Waals surface area contributed by atoms with Crippen molar-refractivity contribution in [3.05, 3.63) is 0 Å². The van der Waals surface area contributed by atoms with E-state index in [2.05, 4.69) is 0 Å². The lowest BCUT2D eigenvalue weighted by molar-refractivity contribution is -0.259. The summed E-state index contributed by atoms with van der Waals surface area (Å²) in [5, 5.41) is 23.8. The van der Waals surface area contributed by atoms with Crippen molar-refractivity contribution in [3.8, 4) is 0 Å². The van der Waals surface area contributed by atoms with Gasteiger partial charge < -0.3 is 19.9 Å². The van der Waals surface area contributed by atoms with Gasteiger partial charge in [0.05, 0.1) is 18.9 Å². The summed E-state index contributed by atoms with van der Waals surface area (Å²) in [7, 11) is 0. The summed E-state index contributed by atoms with van der Waals surface area (Å²) >= 11 is 0. The molecule has 174 valence electrons. The van der Waals surface area contributed by atoms with Crippen molar-refractivity contribution in [2.75, 3.05) is 13.1 Å². The van der Waals surface area contributed by atoms with Crippen molar-refractivity contribution in [1.82, 2.24) is 10.1 Å². The first-order valence-electron chi connectivity index (χ1n) is 10.8. The minimum absolute atomic E-state index is 0.0533. The summed E-state index contributed by atoms with van der Waals surface area (Å²) in [6.45, 7) is 16.3. The normalized spacial score (nSPS) is 26.9. The SMILES string of the molecule is CC1(C)CN(OC(=O)CCC(=O)OC2CC(C)(C)N(O)C(C)(C)C2)CC(C)(C)C1O. The minimum Gasteiger partial charge on any atom is -0.462 e. The molecule has 2 aliphatic heterocycles. The number of hydrogen-bond donors (Lipinski definition) is 2. The van der Waals surface area contributed by atoms with Gasteiger partial charge in [0.2, 0.25) is 0 Å². The molecule has 0 unspecified atom stereocenters. The Balaban J connectivity index is 1.83. The molecule has 0 aromatic heterocycles. The molecule has 0 atom stereocenters. The van der Waals surface area contributed by atoms with E-state index in [1.54, 1.807) is 5.06 Å². The molecule has 2 N–H and O–H groups in total. The molecule has 2 heterocycles. The molecule has 8 heteroatoms. The lowest BCUT2D eigenvalue weighted by Gasteiger charge is -2.50. The molecular weight excluding hydrogens is 388 g/mol. The Morgan fingerprint density at radius 3 is 1.77 bits per heavy atom. The van der Waals surface area contributed by atoms with Gasteiger partial charge in [-0.1, -0.05) is 27.7 Å². The maximum Gasteiger partial charge on any atom is 0.325 e. The zero-order chi connectivity index (χ0) is 23.1. The fourth-order valence-corrected chi connectivity index (χ4v) is 5.16. The van der Waals surface area contributed by atoms with E-state index in [9.17, 15) is 19.9 Å². The molecule has 30 heavy (non-hydrogen) atoms. The highest BCUT2D eigenvalue weighted by molar-refractivity contribution is 5.77. The Kier molecular flexibility index (Phi) is 6.99. The van der Waals surface area contributed by atoms with E-state index in [0.717, 1.165) is 0 Å². The van der Waals surface area contributed by atoms with E-state index in [1.165, 1.54) is 5.06 Å². The van der Waals surface area contributed by atoms with Gasteiger partial charge in [-0.2, -0.15) is 5.06 Å². The number of hydrogen-bond acceptors (Lipinski definition) is 8. The van der Waals surface area contributed by atoms with Gasteiger partial charge in [-0.3, -0.25) is 9.59 Å². The number of carbonyl (C=O) groups is 2. The second-order valence-electron chi connectivity index (χ2n) is 11.6. The molecule has 0 bridgehead atoms. The van der Waals surface area contributed by atoms with Crippen LogP contribution in [-0.2, 0) is 19.2 Å². The van der Waals surface area contributed by atoms with Crippen LogP contribution in [0.3, 0.4) is 0 Å². The van der Waals surface area contributed by atoms with Crippen LogP contribution in [0.5, 0.6) is 0 Å². The van der Waals surface area contributed by atoms with Crippen molar-refractivity contribution in [2.45, 2.75) is 104 Å². The number of hydroxylamine groups is 4. The second-order valence-corrected chi connectivity index (χ2v) is 11.6. The van der Waals surface area contributed by atoms with E-state index >= 15 is 0 Å². The number of esters is 1. The van der Waals surface area contributed by atoms with Crippen LogP contribution < -0.4 is 0 Å². The van der Waals surface area contributed by atoms with Crippen LogP contribution in [0, 0.1) is 10.8 Å². The largest absolute Gasteiger partial charge is 0.462 e. The maximum absolute atomic E-state index is 12.3. The summed E-state index contributed by atoms with van der Waals surface area (Å²) < 4.78 is 5.60. The minimum atomic E-state index is -0.510. The molecule has 8 nitrogen and oxygen atoms in total. The van der Waals surface area contributed by atoms with E-state index in [1.807, 2.05) is 55.4 Å². The van der Waals surface area contributed by atoms with E-state index in [0.29, 0.717) is 25.9 Å². The lowest BCUT2D eigenvalue weighted by atomic mass is 9.69. The smallest absolute Gasteiger partial charge is 0.325 e. The van der Waals surface area contributed by atoms with Gasteiger partial charge >= 0.3 is 11.9 Å². The molecule has 0 aromatic carbocycles. The van der Waals surface area contributed by atoms with Crippen LogP contribution in [0.2, 0.25) is 0 Å². The first kappa shape index (κ1) is 25.0. The van der Waals surface area contributed by atoms with Gasteiger partial charge in [0.1, 0.15) is 6.10 Å². The second kappa shape index (κ2) is 8.37. The predicted molar refractivity (Wildman–Crippen MR) is 111 cm³/mol. The van der Waals surface area contributed by atoms with Crippen LogP contribution in [0.15, 0.2) is 0 Å². The lowest BCUT2D eigenvalue weighted by Crippen LogP contribution is -2.60. The van der Waals surface area contributed by atoms with Crippen molar-refractivity contribution in [3.63, 3.8) is 0 Å². The molecule has 0 amide bonds. The summed E-state index contributed by atoms with van der Waals surface area (Å²) in [4.78, 5) is 30.1. The van der Waals surface area contributed by atoms with Gasteiger partial charge in [0.15, 0.2) is 0 Å². The fourth-order valence-electron chi connectivity index (χ4n) is 5.16. The average Bonchev–Trinajstić information content (AvgIpc) is 2.54. The number of aliphatic hydroxyl groups excluding tert-OH is 1. The van der Waals surface area contributed by atoms with Crippen molar-refractivity contribution in [2.24, 2.45) is 10.8 Å². The highest BCUT2D eigenvalue weighted by atomic mass is 16.7. The summed E-state index contributed by atoms with van der Waals surface area (Å²) in [6, 6.07) is 0. The van der Waals surface area contributed by atoms with Crippen LogP contribution in [0.1, 0.15) is 81.1 Å². The van der Waals surface area contributed by atoms with E-state index in [4.69, 9.17) is 9.57 Å². The fraction of sp³-hybridized carbons (Fsp3) is 0.909. The van der Waals surface area contributed by atoms with E-state index < -0.39 is 40.0 Å². The molecule has 2 fully saturated rings. The van der Waals surface area contributed by atoms with Crippen LogP contribution in [0.25, 0.3) is 0 Å². The Morgan fingerprint density at radius 1 is 0.867 bits per heavy atom. The Labute approximate surface area is 180 Å². The number of piperidine rings is 2. The zero-order valence-electron chi connectivity index (χ0n) is 19.8. The summed E-state index contributed by atoms with van der Waals surface area (Å²) in [5.74, 6) is -0.926. The van der Waals surface area contributed by atoms with Crippen LogP contribution >= 0.6 is 0 Å². The third-order valence-electron chi connectivity index (χ3n) is 6.31. The number of nitrogens with zero attached hydrogens (tertiary/aromatic N) is 2. The van der Waals surface area contributed by atoms with Crippen molar-refractivity contribution in [1.29, 1.82) is 0 Å². The third kappa shape index (κ3) is 5.72. The number of ether oxygens (including phenoxy) is 1. The highest BCUT2D eigenvalue weighted by Crippen LogP contribution is 2.40. The molecular formula is C22H40N2O6. The zero-order valence-corrected chi connectivity index (χ0v) is 19.8. The summed E-state index contributed by atoms with van der Waals surface area (Å²) in [5.41, 5.74) is -1.85. The van der Waals surface area contributed by atoms with Gasteiger partial charge in [-0.15, -0.1) is 5.06 Å². The van der Waals surface area contributed by atoms with Gasteiger partial charge in [0.25, 0.3) is 0 Å². The molecule has 0 aromatic rings. The Morgan fingerprint density at radius 2 is 1.30 bits per heavy atom. The third-order valence-corrected chi connectivity index (χ3v) is 6.31. The molecule has 2 aliphatic rings. The van der Waals surface area contributed by atoms with Gasteiger partial charge in [0, 0.05) is 47.8 Å². The molecule has 0 radical (unpaired) electrons. The first-order valence-corrected chi connectivity index (χ1v) is 10.8. The number of carbonyl (C=O) groups excluding carboxylic acids is 2. The quantitative estimate of drug-likeness (QED) is 0.645. The van der Waals surface area contributed by atoms with Gasteiger partial charge in [-0.05, 0) is 27.7 Å². The Bertz CT molecular complexity index is 566.